The van der Waals surface area contributed by atoms with E-state index in [9.17, 15) is 14.9 Å². The number of pyridine rings is 1. The van der Waals surface area contributed by atoms with E-state index in [0.717, 1.165) is 5.69 Å². The number of nitrogens with zero attached hydrogens (tertiary/aromatic N) is 3. The fraction of sp³-hybridized carbons (Fsp3) is 0.538. The summed E-state index contributed by atoms with van der Waals surface area (Å²) < 4.78 is 10.1. The molecule has 114 valence electrons. The van der Waals surface area contributed by atoms with Gasteiger partial charge in [-0.05, 0) is 22.9 Å². The Hall–Kier alpha value is -2.22. The van der Waals surface area contributed by atoms with Gasteiger partial charge < -0.3 is 24.5 Å². The molecule has 1 fully saturated rings. The van der Waals surface area contributed by atoms with Crippen molar-refractivity contribution in [1.82, 2.24) is 4.98 Å². The predicted molar refractivity (Wildman–Crippen MR) is 74.3 cm³/mol. The largest absolute Gasteiger partial charge is 0.466 e. The average molecular weight is 295 g/mol. The second-order valence-electron chi connectivity index (χ2n) is 4.51. The molecule has 2 rings (SSSR count). The van der Waals surface area contributed by atoms with E-state index in [1.54, 1.807) is 13.0 Å². The van der Waals surface area contributed by atoms with E-state index in [-0.39, 0.29) is 24.4 Å². The smallest absolute Gasteiger partial charge is 0.367 e. The molecule has 1 saturated heterocycles. The Bertz CT molecular complexity index is 529. The van der Waals surface area contributed by atoms with E-state index >= 15 is 0 Å². The highest BCUT2D eigenvalue weighted by Crippen LogP contribution is 2.23. The van der Waals surface area contributed by atoms with Crippen LogP contribution < -0.4 is 4.90 Å². The van der Waals surface area contributed by atoms with Crippen LogP contribution in [0.2, 0.25) is 0 Å². The summed E-state index contributed by atoms with van der Waals surface area (Å²) in [5, 5.41) is 11.0. The van der Waals surface area contributed by atoms with Crippen LogP contribution >= 0.6 is 0 Å². The number of carbonyl (C=O) groups excluding carboxylic acids is 1. The third-order valence-electron chi connectivity index (χ3n) is 3.12. The number of aromatic nitrogens is 1. The minimum atomic E-state index is -0.586. The lowest BCUT2D eigenvalue weighted by molar-refractivity contribution is -0.390. The zero-order chi connectivity index (χ0) is 15.2. The van der Waals surface area contributed by atoms with Crippen LogP contribution in [0.5, 0.6) is 0 Å². The monoisotopic (exact) mass is 295 g/mol. The van der Waals surface area contributed by atoms with Gasteiger partial charge in [-0.25, -0.2) is 0 Å². The van der Waals surface area contributed by atoms with Gasteiger partial charge in [0.25, 0.3) is 0 Å². The molecule has 21 heavy (non-hydrogen) atoms. The normalized spacial score (nSPS) is 14.8. The predicted octanol–water partition coefficient (Wildman–Crippen LogP) is 0.932. The van der Waals surface area contributed by atoms with E-state index in [0.29, 0.717) is 26.3 Å². The summed E-state index contributed by atoms with van der Waals surface area (Å²) >= 11 is 0. The van der Waals surface area contributed by atoms with Crippen molar-refractivity contribution in [3.63, 3.8) is 0 Å². The van der Waals surface area contributed by atoms with Crippen molar-refractivity contribution in [2.24, 2.45) is 0 Å². The number of hydrogen-bond acceptors (Lipinski definition) is 7. The average Bonchev–Trinajstić information content (AvgIpc) is 2.48. The molecule has 0 bridgehead atoms. The second kappa shape index (κ2) is 6.98. The van der Waals surface area contributed by atoms with Crippen LogP contribution in [0.1, 0.15) is 12.5 Å². The van der Waals surface area contributed by atoms with Gasteiger partial charge >= 0.3 is 11.8 Å². The van der Waals surface area contributed by atoms with Crippen LogP contribution in [0.15, 0.2) is 12.3 Å². The maximum absolute atomic E-state index is 11.6. The number of carbonyl (C=O) groups is 1. The van der Waals surface area contributed by atoms with E-state index < -0.39 is 10.9 Å². The molecule has 0 atom stereocenters. The van der Waals surface area contributed by atoms with Crippen molar-refractivity contribution in [3.05, 3.63) is 27.9 Å². The first-order valence-electron chi connectivity index (χ1n) is 6.73. The Labute approximate surface area is 121 Å². The van der Waals surface area contributed by atoms with Gasteiger partial charge in [-0.2, -0.15) is 0 Å². The highest BCUT2D eigenvalue weighted by Gasteiger charge is 2.22. The SMILES string of the molecule is CCOC(=O)Cc1cc(N2CCOCC2)cnc1[N+](=O)[O-]. The van der Waals surface area contributed by atoms with E-state index in [2.05, 4.69) is 4.98 Å². The first-order valence-corrected chi connectivity index (χ1v) is 6.73. The van der Waals surface area contributed by atoms with E-state index in [1.165, 1.54) is 6.20 Å². The van der Waals surface area contributed by atoms with Crippen LogP contribution in [-0.4, -0.2) is 48.8 Å². The Morgan fingerprint density at radius 1 is 1.52 bits per heavy atom. The molecule has 1 aliphatic rings. The summed E-state index contributed by atoms with van der Waals surface area (Å²) in [6.45, 7) is 4.52. The molecule has 0 spiro atoms. The van der Waals surface area contributed by atoms with Crippen molar-refractivity contribution >= 4 is 17.5 Å². The van der Waals surface area contributed by atoms with Gasteiger partial charge in [-0.1, -0.05) is 0 Å². The van der Waals surface area contributed by atoms with Gasteiger partial charge in [0.2, 0.25) is 0 Å². The van der Waals surface area contributed by atoms with Gasteiger partial charge in [-0.15, -0.1) is 0 Å². The first-order chi connectivity index (χ1) is 10.1. The van der Waals surface area contributed by atoms with E-state index in [1.807, 2.05) is 4.90 Å². The molecule has 8 nitrogen and oxygen atoms in total. The van der Waals surface area contributed by atoms with Crippen LogP contribution in [0.4, 0.5) is 11.5 Å². The van der Waals surface area contributed by atoms with Gasteiger partial charge in [0.05, 0.1) is 37.5 Å². The molecule has 1 aromatic heterocycles. The lowest BCUT2D eigenvalue weighted by Gasteiger charge is -2.28. The molecule has 0 radical (unpaired) electrons. The number of hydrogen-bond donors (Lipinski definition) is 0. The van der Waals surface area contributed by atoms with Crippen molar-refractivity contribution < 1.29 is 19.2 Å². The molecule has 8 heteroatoms. The number of rotatable bonds is 5. The third-order valence-corrected chi connectivity index (χ3v) is 3.12. The number of esters is 1. The molecule has 0 N–H and O–H groups in total. The minimum Gasteiger partial charge on any atom is -0.466 e. The van der Waals surface area contributed by atoms with E-state index in [4.69, 9.17) is 9.47 Å². The minimum absolute atomic E-state index is 0.157. The number of ether oxygens (including phenoxy) is 2. The Kier molecular flexibility index (Phi) is 5.04. The van der Waals surface area contributed by atoms with Crippen LogP contribution in [0, 0.1) is 10.1 Å². The topological polar surface area (TPSA) is 94.8 Å². The second-order valence-corrected chi connectivity index (χ2v) is 4.51. The maximum Gasteiger partial charge on any atom is 0.367 e. The molecule has 0 amide bonds. The molecule has 0 unspecified atom stereocenters. The molecule has 2 heterocycles. The Balaban J connectivity index is 2.25. The van der Waals surface area contributed by atoms with Gasteiger partial charge in [0.15, 0.2) is 6.20 Å². The summed E-state index contributed by atoms with van der Waals surface area (Å²) in [4.78, 5) is 27.9. The highest BCUT2D eigenvalue weighted by atomic mass is 16.6. The molecule has 0 aromatic carbocycles. The molecule has 1 aromatic rings. The fourth-order valence-electron chi connectivity index (χ4n) is 2.15. The highest BCUT2D eigenvalue weighted by molar-refractivity contribution is 5.74. The van der Waals surface area contributed by atoms with Crippen molar-refractivity contribution in [2.75, 3.05) is 37.8 Å². The molecule has 0 aliphatic carbocycles. The first kappa shape index (κ1) is 15.2. The lowest BCUT2D eigenvalue weighted by atomic mass is 10.1. The molecule has 1 aliphatic heterocycles. The van der Waals surface area contributed by atoms with Gasteiger partial charge in [-0.3, -0.25) is 4.79 Å². The van der Waals surface area contributed by atoms with Crippen molar-refractivity contribution in [3.8, 4) is 0 Å². The number of anilines is 1. The summed E-state index contributed by atoms with van der Waals surface area (Å²) in [5.41, 5.74) is 1.02. The van der Waals surface area contributed by atoms with Crippen molar-refractivity contribution in [2.45, 2.75) is 13.3 Å². The number of morpholine rings is 1. The Morgan fingerprint density at radius 3 is 2.86 bits per heavy atom. The standard InChI is InChI=1S/C13H17N3O5/c1-2-21-12(17)8-10-7-11(9-14-13(10)16(18)19)15-3-5-20-6-4-15/h7,9H,2-6,8H2,1H3. The zero-order valence-corrected chi connectivity index (χ0v) is 11.8. The number of nitro groups is 1. The van der Waals surface area contributed by atoms with Gasteiger partial charge in [0.1, 0.15) is 0 Å². The van der Waals surface area contributed by atoms with Gasteiger partial charge in [0, 0.05) is 13.1 Å². The lowest BCUT2D eigenvalue weighted by Crippen LogP contribution is -2.36. The molecule has 0 saturated carbocycles. The molecular weight excluding hydrogens is 278 g/mol. The van der Waals surface area contributed by atoms with Crippen LogP contribution in [-0.2, 0) is 20.7 Å². The zero-order valence-electron chi connectivity index (χ0n) is 11.8. The summed E-state index contributed by atoms with van der Waals surface area (Å²) in [7, 11) is 0. The summed E-state index contributed by atoms with van der Waals surface area (Å²) in [6.07, 6.45) is 1.30. The maximum atomic E-state index is 11.6. The molecular formula is C13H17N3O5. The summed E-state index contributed by atoms with van der Waals surface area (Å²) in [6, 6.07) is 1.63. The Morgan fingerprint density at radius 2 is 2.24 bits per heavy atom. The fourth-order valence-corrected chi connectivity index (χ4v) is 2.15. The van der Waals surface area contributed by atoms with Crippen LogP contribution in [0.3, 0.4) is 0 Å². The van der Waals surface area contributed by atoms with Crippen LogP contribution in [0.25, 0.3) is 0 Å². The summed E-state index contributed by atoms with van der Waals surface area (Å²) in [5.74, 6) is -0.804. The quantitative estimate of drug-likeness (QED) is 0.453. The third kappa shape index (κ3) is 3.88. The van der Waals surface area contributed by atoms with Crippen molar-refractivity contribution in [1.29, 1.82) is 0 Å².